The highest BCUT2D eigenvalue weighted by atomic mass is 19.3. The maximum absolute atomic E-state index is 12.6. The zero-order valence-corrected chi connectivity index (χ0v) is 10.8. The molecule has 0 radical (unpaired) electrons. The maximum atomic E-state index is 12.6. The van der Waals surface area contributed by atoms with Gasteiger partial charge in [0.15, 0.2) is 6.61 Å². The molecule has 0 aliphatic heterocycles. The number of halogens is 4. The smallest absolute Gasteiger partial charge is 0.340 e. The third-order valence-electron chi connectivity index (χ3n) is 2.97. The van der Waals surface area contributed by atoms with Crippen molar-refractivity contribution in [1.82, 2.24) is 4.98 Å². The van der Waals surface area contributed by atoms with Crippen LogP contribution >= 0.6 is 0 Å². The molecule has 1 aromatic heterocycles. The van der Waals surface area contributed by atoms with E-state index in [4.69, 9.17) is 5.73 Å². The summed E-state index contributed by atoms with van der Waals surface area (Å²) in [5.74, 6) is -4.85. The molecule has 1 fully saturated rings. The normalized spacial score (nSPS) is 16.7. The minimum absolute atomic E-state index is 0.248. The maximum Gasteiger partial charge on any atom is 0.340 e. The van der Waals surface area contributed by atoms with Gasteiger partial charge in [0.25, 0.3) is 0 Å². The Hall–Kier alpha value is -1.90. The number of hydrogen-bond acceptors (Lipinski definition) is 4. The fraction of sp³-hybridized carbons (Fsp3) is 0.500. The Bertz CT molecular complexity index is 518. The van der Waals surface area contributed by atoms with Gasteiger partial charge in [0.2, 0.25) is 11.8 Å². The van der Waals surface area contributed by atoms with Gasteiger partial charge in [-0.15, -0.1) is 0 Å². The van der Waals surface area contributed by atoms with Crippen molar-refractivity contribution in [3.63, 3.8) is 0 Å². The molecule has 1 aliphatic rings. The number of pyridine rings is 1. The second kappa shape index (κ2) is 5.47. The molecule has 2 rings (SSSR count). The summed E-state index contributed by atoms with van der Waals surface area (Å²) in [4.78, 5) is 15.3. The summed E-state index contributed by atoms with van der Waals surface area (Å²) in [7, 11) is 0. The molecule has 0 bridgehead atoms. The van der Waals surface area contributed by atoms with E-state index in [9.17, 15) is 22.4 Å². The van der Waals surface area contributed by atoms with Crippen molar-refractivity contribution in [2.75, 3.05) is 11.9 Å². The zero-order chi connectivity index (χ0) is 15.7. The lowest BCUT2D eigenvalue weighted by atomic mass is 10.2. The molecule has 0 saturated heterocycles. The molecule has 0 aromatic carbocycles. The summed E-state index contributed by atoms with van der Waals surface area (Å²) in [5.41, 5.74) is 5.14. The number of anilines is 1. The van der Waals surface area contributed by atoms with Crippen LogP contribution in [-0.4, -0.2) is 35.4 Å². The van der Waals surface area contributed by atoms with Crippen LogP contribution < -0.4 is 15.8 Å². The third-order valence-corrected chi connectivity index (χ3v) is 2.97. The van der Waals surface area contributed by atoms with Crippen molar-refractivity contribution >= 4 is 11.6 Å². The van der Waals surface area contributed by atoms with E-state index in [1.165, 1.54) is 18.3 Å². The van der Waals surface area contributed by atoms with Gasteiger partial charge in [-0.3, -0.25) is 4.79 Å². The lowest BCUT2D eigenvalue weighted by Gasteiger charge is -2.15. The van der Waals surface area contributed by atoms with Crippen LogP contribution in [0.25, 0.3) is 0 Å². The first-order valence-corrected chi connectivity index (χ1v) is 6.08. The zero-order valence-electron chi connectivity index (χ0n) is 10.8. The van der Waals surface area contributed by atoms with E-state index >= 15 is 0 Å². The summed E-state index contributed by atoms with van der Waals surface area (Å²) in [6.07, 6.45) is -1.46. The van der Waals surface area contributed by atoms with E-state index in [2.05, 4.69) is 15.0 Å². The van der Waals surface area contributed by atoms with Crippen molar-refractivity contribution in [2.24, 2.45) is 5.73 Å². The standard InChI is InChI=1S/C12H13F4N3O2/c13-9(14)12(15,16)6-21-8-2-1-7(5-18-8)19-10(20)11(17)3-4-11/h1-2,5,9H,3-4,6,17H2,(H,19,20). The molecule has 1 aromatic rings. The Kier molecular flexibility index (Phi) is 4.04. The Morgan fingerprint density at radius 1 is 1.48 bits per heavy atom. The highest BCUT2D eigenvalue weighted by molar-refractivity contribution is 5.99. The number of carbonyl (C=O) groups is 1. The minimum Gasteiger partial charge on any atom is -0.471 e. The fourth-order valence-corrected chi connectivity index (χ4v) is 1.39. The number of nitrogens with zero attached hydrogens (tertiary/aromatic N) is 1. The molecule has 1 saturated carbocycles. The molecule has 0 unspecified atom stereocenters. The number of ether oxygens (including phenoxy) is 1. The van der Waals surface area contributed by atoms with E-state index in [1.807, 2.05) is 0 Å². The fourth-order valence-electron chi connectivity index (χ4n) is 1.39. The molecule has 21 heavy (non-hydrogen) atoms. The molecule has 1 aliphatic carbocycles. The first-order valence-electron chi connectivity index (χ1n) is 6.08. The number of carbonyl (C=O) groups excluding carboxylic acids is 1. The van der Waals surface area contributed by atoms with Crippen LogP contribution in [0, 0.1) is 0 Å². The monoisotopic (exact) mass is 307 g/mol. The van der Waals surface area contributed by atoms with Gasteiger partial charge in [-0.05, 0) is 18.9 Å². The quantitative estimate of drug-likeness (QED) is 0.786. The molecule has 116 valence electrons. The summed E-state index contributed by atoms with van der Waals surface area (Å²) in [6.45, 7) is -1.48. The third kappa shape index (κ3) is 3.81. The minimum atomic E-state index is -4.24. The van der Waals surface area contributed by atoms with Crippen molar-refractivity contribution in [3.8, 4) is 5.88 Å². The average molecular weight is 307 g/mol. The Morgan fingerprint density at radius 3 is 2.62 bits per heavy atom. The molecular weight excluding hydrogens is 294 g/mol. The van der Waals surface area contributed by atoms with Crippen LogP contribution in [-0.2, 0) is 4.79 Å². The molecule has 1 amide bonds. The molecule has 0 spiro atoms. The second-order valence-corrected chi connectivity index (χ2v) is 4.85. The number of nitrogens with two attached hydrogens (primary N) is 1. The summed E-state index contributed by atoms with van der Waals surface area (Å²) < 4.78 is 53.7. The molecule has 3 N–H and O–H groups in total. The van der Waals surface area contributed by atoms with Crippen molar-refractivity contribution in [3.05, 3.63) is 18.3 Å². The van der Waals surface area contributed by atoms with E-state index in [0.29, 0.717) is 18.5 Å². The predicted octanol–water partition coefficient (Wildman–Crippen LogP) is 1.79. The van der Waals surface area contributed by atoms with E-state index in [-0.39, 0.29) is 11.8 Å². The highest BCUT2D eigenvalue weighted by Gasteiger charge is 2.46. The lowest BCUT2D eigenvalue weighted by Crippen LogP contribution is -2.37. The second-order valence-electron chi connectivity index (χ2n) is 4.85. The van der Waals surface area contributed by atoms with Gasteiger partial charge < -0.3 is 15.8 Å². The molecule has 9 heteroatoms. The predicted molar refractivity (Wildman–Crippen MR) is 65.5 cm³/mol. The van der Waals surface area contributed by atoms with Gasteiger partial charge in [0, 0.05) is 6.07 Å². The number of aromatic nitrogens is 1. The Labute approximate surface area is 117 Å². The van der Waals surface area contributed by atoms with Crippen molar-refractivity contribution in [1.29, 1.82) is 0 Å². The number of nitrogens with one attached hydrogen (secondary N) is 1. The van der Waals surface area contributed by atoms with Crippen molar-refractivity contribution in [2.45, 2.75) is 30.7 Å². The first-order chi connectivity index (χ1) is 9.73. The van der Waals surface area contributed by atoms with Gasteiger partial charge in [-0.2, -0.15) is 8.78 Å². The van der Waals surface area contributed by atoms with Crippen LogP contribution in [0.3, 0.4) is 0 Å². The van der Waals surface area contributed by atoms with Crippen molar-refractivity contribution < 1.29 is 27.1 Å². The summed E-state index contributed by atoms with van der Waals surface area (Å²) in [6, 6.07) is 2.54. The van der Waals surface area contributed by atoms with Gasteiger partial charge in [-0.1, -0.05) is 0 Å². The van der Waals surface area contributed by atoms with E-state index in [0.717, 1.165) is 0 Å². The average Bonchev–Trinajstić information content (AvgIpc) is 3.17. The van der Waals surface area contributed by atoms with E-state index in [1.54, 1.807) is 0 Å². The highest BCUT2D eigenvalue weighted by Crippen LogP contribution is 2.33. The Morgan fingerprint density at radius 2 is 2.14 bits per heavy atom. The lowest BCUT2D eigenvalue weighted by molar-refractivity contribution is -0.148. The molecular formula is C12H13F4N3O2. The largest absolute Gasteiger partial charge is 0.471 e. The van der Waals surface area contributed by atoms with Crippen LogP contribution in [0.5, 0.6) is 5.88 Å². The van der Waals surface area contributed by atoms with Crippen LogP contribution in [0.2, 0.25) is 0 Å². The number of rotatable bonds is 6. The topological polar surface area (TPSA) is 77.2 Å². The van der Waals surface area contributed by atoms with Gasteiger partial charge in [0.05, 0.1) is 17.4 Å². The first kappa shape index (κ1) is 15.5. The number of amides is 1. The van der Waals surface area contributed by atoms with Crippen LogP contribution in [0.1, 0.15) is 12.8 Å². The molecule has 5 nitrogen and oxygen atoms in total. The SMILES string of the molecule is NC1(C(=O)Nc2ccc(OCC(F)(F)C(F)F)nc2)CC1. The van der Waals surface area contributed by atoms with E-state index < -0.39 is 24.5 Å². The van der Waals surface area contributed by atoms with Crippen LogP contribution in [0.15, 0.2) is 18.3 Å². The number of hydrogen-bond donors (Lipinski definition) is 2. The van der Waals surface area contributed by atoms with Crippen LogP contribution in [0.4, 0.5) is 23.2 Å². The molecule has 0 atom stereocenters. The van der Waals surface area contributed by atoms with Gasteiger partial charge >= 0.3 is 12.3 Å². The number of alkyl halides is 4. The van der Waals surface area contributed by atoms with Gasteiger partial charge in [0.1, 0.15) is 0 Å². The summed E-state index contributed by atoms with van der Waals surface area (Å²) >= 11 is 0. The molecule has 1 heterocycles. The summed E-state index contributed by atoms with van der Waals surface area (Å²) in [5, 5.41) is 2.51. The Balaban J connectivity index is 1.89. The van der Waals surface area contributed by atoms with Gasteiger partial charge in [-0.25, -0.2) is 13.8 Å².